The van der Waals surface area contributed by atoms with E-state index >= 15 is 0 Å². The van der Waals surface area contributed by atoms with E-state index in [1.807, 2.05) is 11.8 Å². The second-order valence-electron chi connectivity index (χ2n) is 6.29. The van der Waals surface area contributed by atoms with Crippen molar-refractivity contribution in [3.05, 3.63) is 29.8 Å². The zero-order valence-electron chi connectivity index (χ0n) is 14.3. The molecule has 0 bridgehead atoms. The number of piperazine rings is 1. The summed E-state index contributed by atoms with van der Waals surface area (Å²) in [6.45, 7) is 5.55. The number of nitrogens with zero attached hydrogens (tertiary/aromatic N) is 2. The topological polar surface area (TPSA) is 81.8 Å². The molecule has 3 amide bonds. The molecular formula is C17H23ClN4O3. The molecule has 2 unspecified atom stereocenters. The maximum absolute atomic E-state index is 12.7. The van der Waals surface area contributed by atoms with Crippen LogP contribution in [0.5, 0.6) is 0 Å². The molecule has 2 aliphatic heterocycles. The number of hydrogen-bond acceptors (Lipinski definition) is 4. The normalized spacial score (nSPS) is 23.8. The molecule has 2 heterocycles. The lowest BCUT2D eigenvalue weighted by molar-refractivity contribution is -0.130. The van der Waals surface area contributed by atoms with E-state index in [2.05, 4.69) is 17.7 Å². The van der Waals surface area contributed by atoms with Gasteiger partial charge in [-0.3, -0.25) is 19.8 Å². The van der Waals surface area contributed by atoms with Crippen LogP contribution in [0.25, 0.3) is 0 Å². The van der Waals surface area contributed by atoms with E-state index in [9.17, 15) is 14.4 Å². The van der Waals surface area contributed by atoms with Crippen molar-refractivity contribution in [1.82, 2.24) is 15.6 Å². The van der Waals surface area contributed by atoms with Crippen molar-refractivity contribution in [2.24, 2.45) is 0 Å². The third-order valence-electron chi connectivity index (χ3n) is 4.72. The van der Waals surface area contributed by atoms with Crippen molar-refractivity contribution in [3.63, 3.8) is 0 Å². The van der Waals surface area contributed by atoms with Crippen LogP contribution in [0, 0.1) is 0 Å². The molecular weight excluding hydrogens is 344 g/mol. The number of benzene rings is 1. The maximum atomic E-state index is 12.7. The molecule has 2 atom stereocenters. The first kappa shape index (κ1) is 19.2. The fraction of sp³-hybridized carbons (Fsp3) is 0.471. The molecule has 0 spiro atoms. The smallest absolute Gasteiger partial charge is 0.254 e. The number of carbonyl (C=O) groups excluding carboxylic acids is 3. The highest BCUT2D eigenvalue weighted by atomic mass is 35.5. The monoisotopic (exact) mass is 366 g/mol. The lowest BCUT2D eigenvalue weighted by Crippen LogP contribution is -2.57. The first-order chi connectivity index (χ1) is 11.5. The van der Waals surface area contributed by atoms with Gasteiger partial charge in [0.05, 0.1) is 5.69 Å². The highest BCUT2D eigenvalue weighted by Gasteiger charge is 2.29. The molecule has 2 fully saturated rings. The highest BCUT2D eigenvalue weighted by molar-refractivity contribution is 6.01. The first-order valence-corrected chi connectivity index (χ1v) is 8.24. The van der Waals surface area contributed by atoms with Gasteiger partial charge >= 0.3 is 0 Å². The van der Waals surface area contributed by atoms with Gasteiger partial charge in [-0.2, -0.15) is 0 Å². The number of hydrazine groups is 1. The first-order valence-electron chi connectivity index (χ1n) is 8.24. The minimum Gasteiger partial charge on any atom is -0.333 e. The van der Waals surface area contributed by atoms with Crippen LogP contribution in [-0.2, 0) is 9.59 Å². The van der Waals surface area contributed by atoms with E-state index in [-0.39, 0.29) is 55.1 Å². The Balaban J connectivity index is 0.00000225. The quantitative estimate of drug-likeness (QED) is 0.821. The molecule has 0 aliphatic carbocycles. The van der Waals surface area contributed by atoms with Gasteiger partial charge in [0.25, 0.3) is 5.91 Å². The van der Waals surface area contributed by atoms with Crippen molar-refractivity contribution < 1.29 is 14.4 Å². The van der Waals surface area contributed by atoms with Crippen molar-refractivity contribution >= 4 is 35.8 Å². The van der Waals surface area contributed by atoms with Crippen molar-refractivity contribution in [1.29, 1.82) is 0 Å². The second kappa shape index (κ2) is 7.84. The summed E-state index contributed by atoms with van der Waals surface area (Å²) in [5.41, 5.74) is 3.69. The number of nitrogens with one attached hydrogen (secondary N) is 2. The SMILES string of the molecule is CC1NCCN(C(=O)c2ccc(N3NC(=O)CCC3=O)cc2)C1C.Cl. The van der Waals surface area contributed by atoms with Crippen LogP contribution >= 0.6 is 12.4 Å². The Morgan fingerprint density at radius 1 is 1.12 bits per heavy atom. The molecule has 2 aliphatic rings. The van der Waals surface area contributed by atoms with Crippen LogP contribution in [0.3, 0.4) is 0 Å². The molecule has 136 valence electrons. The average molecular weight is 367 g/mol. The average Bonchev–Trinajstić information content (AvgIpc) is 2.59. The third-order valence-corrected chi connectivity index (χ3v) is 4.72. The largest absolute Gasteiger partial charge is 0.333 e. The molecule has 1 aromatic carbocycles. The number of rotatable bonds is 2. The standard InChI is InChI=1S/C17H22N4O3.ClH/c1-11-12(2)20(10-9-18-11)17(24)13-3-5-14(6-4-13)21-16(23)8-7-15(22)19-21;/h3-6,11-12,18H,7-10H2,1-2H3,(H,19,22);1H. The Labute approximate surface area is 153 Å². The predicted octanol–water partition coefficient (Wildman–Crippen LogP) is 1.09. The number of carbonyl (C=O) groups is 3. The zero-order valence-corrected chi connectivity index (χ0v) is 15.1. The van der Waals surface area contributed by atoms with Gasteiger partial charge in [0, 0.05) is 43.6 Å². The van der Waals surface area contributed by atoms with E-state index in [1.54, 1.807) is 24.3 Å². The maximum Gasteiger partial charge on any atom is 0.254 e. The van der Waals surface area contributed by atoms with Crippen LogP contribution in [-0.4, -0.2) is 47.8 Å². The van der Waals surface area contributed by atoms with E-state index in [1.165, 1.54) is 5.01 Å². The molecule has 0 radical (unpaired) electrons. The summed E-state index contributed by atoms with van der Waals surface area (Å²) in [5.74, 6) is -0.354. The van der Waals surface area contributed by atoms with E-state index < -0.39 is 0 Å². The zero-order chi connectivity index (χ0) is 17.3. The van der Waals surface area contributed by atoms with Crippen LogP contribution in [0.1, 0.15) is 37.0 Å². The van der Waals surface area contributed by atoms with E-state index in [0.29, 0.717) is 17.8 Å². The number of hydrogen-bond donors (Lipinski definition) is 2. The molecule has 25 heavy (non-hydrogen) atoms. The molecule has 2 saturated heterocycles. The van der Waals surface area contributed by atoms with Gasteiger partial charge in [-0.05, 0) is 38.1 Å². The summed E-state index contributed by atoms with van der Waals surface area (Å²) in [5, 5.41) is 4.60. The minimum atomic E-state index is -0.182. The second-order valence-corrected chi connectivity index (χ2v) is 6.29. The highest BCUT2D eigenvalue weighted by Crippen LogP contribution is 2.20. The molecule has 8 heteroatoms. The third kappa shape index (κ3) is 3.93. The number of anilines is 1. The molecule has 1 aromatic rings. The Bertz CT molecular complexity index is 664. The van der Waals surface area contributed by atoms with Crippen molar-refractivity contribution in [3.8, 4) is 0 Å². The predicted molar refractivity (Wildman–Crippen MR) is 96.5 cm³/mol. The van der Waals surface area contributed by atoms with Crippen LogP contribution < -0.4 is 15.8 Å². The Morgan fingerprint density at radius 3 is 2.48 bits per heavy atom. The van der Waals surface area contributed by atoms with Gasteiger partial charge in [-0.1, -0.05) is 0 Å². The Hall–Kier alpha value is -2.12. The lowest BCUT2D eigenvalue weighted by Gasteiger charge is -2.38. The molecule has 0 saturated carbocycles. The molecule has 2 N–H and O–H groups in total. The number of amides is 3. The number of halogens is 1. The van der Waals surface area contributed by atoms with Crippen LogP contribution in [0.15, 0.2) is 24.3 Å². The van der Waals surface area contributed by atoms with Gasteiger partial charge in [0.15, 0.2) is 0 Å². The van der Waals surface area contributed by atoms with E-state index in [0.717, 1.165) is 6.54 Å². The van der Waals surface area contributed by atoms with Crippen molar-refractivity contribution in [2.45, 2.75) is 38.8 Å². The van der Waals surface area contributed by atoms with Crippen molar-refractivity contribution in [2.75, 3.05) is 18.1 Å². The van der Waals surface area contributed by atoms with Crippen LogP contribution in [0.2, 0.25) is 0 Å². The van der Waals surface area contributed by atoms with Gasteiger partial charge < -0.3 is 10.2 Å². The Kier molecular flexibility index (Phi) is 6.02. The lowest BCUT2D eigenvalue weighted by atomic mass is 10.1. The summed E-state index contributed by atoms with van der Waals surface area (Å²) in [7, 11) is 0. The van der Waals surface area contributed by atoms with Gasteiger partial charge in [0.2, 0.25) is 11.8 Å². The summed E-state index contributed by atoms with van der Waals surface area (Å²) in [6, 6.07) is 7.15. The summed E-state index contributed by atoms with van der Waals surface area (Å²) in [4.78, 5) is 38.0. The summed E-state index contributed by atoms with van der Waals surface area (Å²) >= 11 is 0. The fourth-order valence-electron chi connectivity index (χ4n) is 3.05. The Morgan fingerprint density at radius 2 is 1.80 bits per heavy atom. The molecule has 7 nitrogen and oxygen atoms in total. The summed E-state index contributed by atoms with van der Waals surface area (Å²) in [6.07, 6.45) is 0.410. The van der Waals surface area contributed by atoms with Gasteiger partial charge in [0.1, 0.15) is 0 Å². The fourth-order valence-corrected chi connectivity index (χ4v) is 3.05. The van der Waals surface area contributed by atoms with Crippen LogP contribution in [0.4, 0.5) is 5.69 Å². The van der Waals surface area contributed by atoms with E-state index in [4.69, 9.17) is 0 Å². The minimum absolute atomic E-state index is 0. The molecule has 0 aromatic heterocycles. The molecule has 3 rings (SSSR count). The summed E-state index contributed by atoms with van der Waals surface area (Å²) < 4.78 is 0. The van der Waals surface area contributed by atoms with Gasteiger partial charge in [-0.15, -0.1) is 12.4 Å². The van der Waals surface area contributed by atoms with Gasteiger partial charge in [-0.25, -0.2) is 5.01 Å².